The van der Waals surface area contributed by atoms with Crippen LogP contribution in [0.3, 0.4) is 0 Å². The fourth-order valence-electron chi connectivity index (χ4n) is 3.25. The van der Waals surface area contributed by atoms with E-state index in [1.54, 1.807) is 4.90 Å². The Kier molecular flexibility index (Phi) is 5.91. The van der Waals surface area contributed by atoms with E-state index in [0.717, 1.165) is 37.3 Å². The molecular formula is C20H26N4O3. The summed E-state index contributed by atoms with van der Waals surface area (Å²) in [4.78, 5) is 29.4. The maximum atomic E-state index is 12.9. The Labute approximate surface area is 159 Å². The van der Waals surface area contributed by atoms with Crippen molar-refractivity contribution in [3.8, 4) is 11.6 Å². The number of aromatic nitrogens is 2. The average molecular weight is 370 g/mol. The molecule has 7 nitrogen and oxygen atoms in total. The van der Waals surface area contributed by atoms with Crippen LogP contribution in [0.4, 0.5) is 0 Å². The highest BCUT2D eigenvalue weighted by Gasteiger charge is 2.26. The largest absolute Gasteiger partial charge is 0.481 e. The van der Waals surface area contributed by atoms with Crippen LogP contribution in [0, 0.1) is 6.92 Å². The van der Waals surface area contributed by atoms with Crippen molar-refractivity contribution in [2.24, 2.45) is 0 Å². The lowest BCUT2D eigenvalue weighted by atomic mass is 10.2. The summed E-state index contributed by atoms with van der Waals surface area (Å²) in [5.74, 6) is -0.0205. The van der Waals surface area contributed by atoms with Crippen LogP contribution in [0.1, 0.15) is 29.4 Å². The monoisotopic (exact) mass is 370 g/mol. The van der Waals surface area contributed by atoms with Gasteiger partial charge in [0.15, 0.2) is 5.69 Å². The van der Waals surface area contributed by atoms with Crippen molar-refractivity contribution in [2.45, 2.75) is 20.3 Å². The maximum Gasteiger partial charge on any atom is 0.278 e. The third-order valence-corrected chi connectivity index (χ3v) is 4.79. The van der Waals surface area contributed by atoms with Crippen molar-refractivity contribution in [2.75, 3.05) is 39.8 Å². The fourth-order valence-corrected chi connectivity index (χ4v) is 3.25. The number of rotatable bonds is 5. The van der Waals surface area contributed by atoms with Crippen LogP contribution in [0.25, 0.3) is 5.69 Å². The van der Waals surface area contributed by atoms with E-state index >= 15 is 0 Å². The van der Waals surface area contributed by atoms with E-state index in [4.69, 9.17) is 4.74 Å². The summed E-state index contributed by atoms with van der Waals surface area (Å²) in [5.41, 5.74) is 1.36. The maximum absolute atomic E-state index is 12.9. The van der Waals surface area contributed by atoms with E-state index in [-0.39, 0.29) is 11.6 Å². The Balaban J connectivity index is 1.89. The van der Waals surface area contributed by atoms with Gasteiger partial charge in [0.1, 0.15) is 0 Å². The highest BCUT2D eigenvalue weighted by molar-refractivity contribution is 5.92. The molecule has 0 unspecified atom stereocenters. The Hall–Kier alpha value is -2.67. The zero-order valence-electron chi connectivity index (χ0n) is 16.1. The lowest BCUT2D eigenvalue weighted by Crippen LogP contribution is -2.49. The molecule has 0 bridgehead atoms. The van der Waals surface area contributed by atoms with E-state index in [9.17, 15) is 9.59 Å². The van der Waals surface area contributed by atoms with E-state index in [2.05, 4.69) is 16.9 Å². The number of carbonyl (C=O) groups excluding carboxylic acids is 1. The van der Waals surface area contributed by atoms with Crippen LogP contribution in [0.5, 0.6) is 5.88 Å². The number of carbonyl (C=O) groups is 1. The number of hydrogen-bond acceptors (Lipinski definition) is 5. The zero-order valence-corrected chi connectivity index (χ0v) is 16.1. The summed E-state index contributed by atoms with van der Waals surface area (Å²) in [6.07, 6.45) is 1.09. The van der Waals surface area contributed by atoms with Gasteiger partial charge in [-0.25, -0.2) is 4.68 Å². The normalized spacial score (nSPS) is 15.0. The predicted octanol–water partition coefficient (Wildman–Crippen LogP) is 1.72. The molecule has 0 atom stereocenters. The van der Waals surface area contributed by atoms with Crippen LogP contribution in [0.15, 0.2) is 35.1 Å². The standard InChI is InChI=1S/C20H26N4O3/c1-4-9-22-10-12-23(13-11-22)20(26)19-17(25)14-18(27-3)24(21-19)16-7-5-15(2)6-8-16/h5-8,14H,4,9-13H2,1-3H3. The molecule has 0 N–H and O–H groups in total. The second-order valence-corrected chi connectivity index (χ2v) is 6.78. The van der Waals surface area contributed by atoms with Gasteiger partial charge < -0.3 is 9.64 Å². The lowest BCUT2D eigenvalue weighted by Gasteiger charge is -2.34. The number of hydrogen-bond donors (Lipinski definition) is 0. The van der Waals surface area contributed by atoms with Crippen molar-refractivity contribution in [1.82, 2.24) is 19.6 Å². The van der Waals surface area contributed by atoms with Gasteiger partial charge in [-0.2, -0.15) is 5.10 Å². The first-order chi connectivity index (χ1) is 13.0. The molecule has 27 heavy (non-hydrogen) atoms. The van der Waals surface area contributed by atoms with Gasteiger partial charge in [-0.1, -0.05) is 24.6 Å². The Bertz CT molecular complexity index is 853. The Morgan fingerprint density at radius 2 is 1.81 bits per heavy atom. The van der Waals surface area contributed by atoms with Crippen molar-refractivity contribution >= 4 is 5.91 Å². The minimum absolute atomic E-state index is 0.0692. The molecule has 144 valence electrons. The number of nitrogens with zero attached hydrogens (tertiary/aromatic N) is 4. The topological polar surface area (TPSA) is 67.7 Å². The fraction of sp³-hybridized carbons (Fsp3) is 0.450. The summed E-state index contributed by atoms with van der Waals surface area (Å²) in [5, 5.41) is 4.35. The first-order valence-corrected chi connectivity index (χ1v) is 9.30. The molecule has 0 spiro atoms. The third-order valence-electron chi connectivity index (χ3n) is 4.79. The Morgan fingerprint density at radius 1 is 1.15 bits per heavy atom. The number of amides is 1. The smallest absolute Gasteiger partial charge is 0.278 e. The van der Waals surface area contributed by atoms with E-state index in [1.807, 2.05) is 31.2 Å². The summed E-state index contributed by atoms with van der Waals surface area (Å²) in [6.45, 7) is 8.03. The number of aryl methyl sites for hydroxylation is 1. The van der Waals surface area contributed by atoms with Crippen molar-refractivity contribution in [1.29, 1.82) is 0 Å². The molecule has 1 saturated heterocycles. The second kappa shape index (κ2) is 8.35. The van der Waals surface area contributed by atoms with Crippen LogP contribution in [-0.4, -0.2) is 65.3 Å². The summed E-state index contributed by atoms with van der Waals surface area (Å²) in [7, 11) is 1.48. The molecule has 0 saturated carbocycles. The molecule has 0 aliphatic carbocycles. The minimum atomic E-state index is -0.420. The van der Waals surface area contributed by atoms with Crippen molar-refractivity contribution < 1.29 is 9.53 Å². The van der Waals surface area contributed by atoms with Crippen LogP contribution < -0.4 is 10.2 Å². The van der Waals surface area contributed by atoms with E-state index < -0.39 is 5.43 Å². The van der Waals surface area contributed by atoms with Gasteiger partial charge in [-0.3, -0.25) is 14.5 Å². The van der Waals surface area contributed by atoms with Crippen molar-refractivity contribution in [3.05, 3.63) is 51.8 Å². The first kappa shape index (κ1) is 19.1. The van der Waals surface area contributed by atoms with Crippen LogP contribution >= 0.6 is 0 Å². The summed E-state index contributed by atoms with van der Waals surface area (Å²) < 4.78 is 6.80. The van der Waals surface area contributed by atoms with E-state index in [0.29, 0.717) is 19.0 Å². The molecule has 7 heteroatoms. The predicted molar refractivity (Wildman–Crippen MR) is 104 cm³/mol. The van der Waals surface area contributed by atoms with Gasteiger partial charge in [0.25, 0.3) is 5.91 Å². The Morgan fingerprint density at radius 3 is 2.41 bits per heavy atom. The molecule has 1 aliphatic heterocycles. The molecule has 3 rings (SSSR count). The number of benzene rings is 1. The highest BCUT2D eigenvalue weighted by Crippen LogP contribution is 2.16. The molecular weight excluding hydrogens is 344 g/mol. The molecule has 1 amide bonds. The molecule has 2 heterocycles. The van der Waals surface area contributed by atoms with Crippen molar-refractivity contribution in [3.63, 3.8) is 0 Å². The zero-order chi connectivity index (χ0) is 19.4. The molecule has 1 fully saturated rings. The van der Waals surface area contributed by atoms with Crippen LogP contribution in [-0.2, 0) is 0 Å². The molecule has 1 aromatic heterocycles. The van der Waals surface area contributed by atoms with Gasteiger partial charge in [-0.15, -0.1) is 0 Å². The molecule has 1 aromatic carbocycles. The third kappa shape index (κ3) is 4.19. The molecule has 0 radical (unpaired) electrons. The van der Waals surface area contributed by atoms with Gasteiger partial charge in [0, 0.05) is 26.2 Å². The lowest BCUT2D eigenvalue weighted by molar-refractivity contribution is 0.0628. The van der Waals surface area contributed by atoms with Gasteiger partial charge in [0.05, 0.1) is 18.9 Å². The summed E-state index contributed by atoms with van der Waals surface area (Å²) >= 11 is 0. The van der Waals surface area contributed by atoms with Gasteiger partial charge in [0.2, 0.25) is 11.3 Å². The summed E-state index contributed by atoms with van der Waals surface area (Å²) in [6, 6.07) is 8.99. The number of ether oxygens (including phenoxy) is 1. The average Bonchev–Trinajstić information content (AvgIpc) is 2.69. The molecule has 1 aliphatic rings. The highest BCUT2D eigenvalue weighted by atomic mass is 16.5. The van der Waals surface area contributed by atoms with E-state index in [1.165, 1.54) is 17.9 Å². The first-order valence-electron chi connectivity index (χ1n) is 9.30. The number of methoxy groups -OCH3 is 1. The van der Waals surface area contributed by atoms with Gasteiger partial charge in [-0.05, 0) is 32.0 Å². The second-order valence-electron chi connectivity index (χ2n) is 6.78. The quantitative estimate of drug-likeness (QED) is 0.802. The minimum Gasteiger partial charge on any atom is -0.481 e. The van der Waals surface area contributed by atoms with Gasteiger partial charge >= 0.3 is 0 Å². The number of piperazine rings is 1. The SMILES string of the molecule is CCCN1CCN(C(=O)c2nn(-c3ccc(C)cc3)c(OC)cc2=O)CC1. The van der Waals surface area contributed by atoms with Crippen LogP contribution in [0.2, 0.25) is 0 Å². The molecule has 2 aromatic rings.